The fourth-order valence-electron chi connectivity index (χ4n) is 2.71. The van der Waals surface area contributed by atoms with Gasteiger partial charge in [0.15, 0.2) is 4.96 Å². The summed E-state index contributed by atoms with van der Waals surface area (Å²) in [4.78, 5) is 8.07. The Labute approximate surface area is 111 Å². The fraction of sp³-hybridized carbons (Fsp3) is 0.615. The number of nitrogens with zero attached hydrogens (tertiary/aromatic N) is 3. The highest BCUT2D eigenvalue weighted by Gasteiger charge is 2.21. The van der Waals surface area contributed by atoms with E-state index in [2.05, 4.69) is 25.9 Å². The minimum atomic E-state index is 0.266. The Kier molecular flexibility index (Phi) is 3.63. The summed E-state index contributed by atoms with van der Waals surface area (Å²) in [5, 5.41) is 11.5. The molecule has 98 valence electrons. The van der Waals surface area contributed by atoms with E-state index >= 15 is 0 Å². The maximum absolute atomic E-state index is 9.50. The van der Waals surface area contributed by atoms with E-state index in [0.717, 1.165) is 30.2 Å². The standard InChI is InChI=1S/C13H19N3OS/c17-10-12-4-2-1-3-5-15(12)8-11-9-16-6-7-18-13(16)14-11/h6-7,9,12,17H,1-5,8,10H2. The van der Waals surface area contributed by atoms with E-state index in [1.165, 1.54) is 19.3 Å². The second-order valence-electron chi connectivity index (χ2n) is 4.98. The number of aromatic nitrogens is 2. The number of rotatable bonds is 3. The molecule has 18 heavy (non-hydrogen) atoms. The maximum Gasteiger partial charge on any atom is 0.193 e. The zero-order chi connectivity index (χ0) is 12.4. The largest absolute Gasteiger partial charge is 0.395 e. The van der Waals surface area contributed by atoms with Crippen LogP contribution in [0.5, 0.6) is 0 Å². The molecular weight excluding hydrogens is 246 g/mol. The topological polar surface area (TPSA) is 40.8 Å². The van der Waals surface area contributed by atoms with Crippen molar-refractivity contribution < 1.29 is 5.11 Å². The highest BCUT2D eigenvalue weighted by atomic mass is 32.1. The van der Waals surface area contributed by atoms with Gasteiger partial charge in [-0.1, -0.05) is 12.8 Å². The zero-order valence-corrected chi connectivity index (χ0v) is 11.3. The first-order valence-electron chi connectivity index (χ1n) is 6.63. The summed E-state index contributed by atoms with van der Waals surface area (Å²) in [5.74, 6) is 0. The number of aliphatic hydroxyl groups excluding tert-OH is 1. The smallest absolute Gasteiger partial charge is 0.193 e. The van der Waals surface area contributed by atoms with Crippen molar-refractivity contribution in [3.05, 3.63) is 23.5 Å². The molecule has 3 rings (SSSR count). The molecule has 1 unspecified atom stereocenters. The normalized spacial score (nSPS) is 22.4. The number of likely N-dealkylation sites (tertiary alicyclic amines) is 1. The first-order valence-corrected chi connectivity index (χ1v) is 7.51. The summed E-state index contributed by atoms with van der Waals surface area (Å²) in [5.41, 5.74) is 1.11. The molecule has 2 aromatic rings. The minimum Gasteiger partial charge on any atom is -0.395 e. The monoisotopic (exact) mass is 265 g/mol. The average Bonchev–Trinajstić information content (AvgIpc) is 2.85. The lowest BCUT2D eigenvalue weighted by atomic mass is 10.1. The molecule has 1 N–H and O–H groups in total. The van der Waals surface area contributed by atoms with Gasteiger partial charge < -0.3 is 5.11 Å². The van der Waals surface area contributed by atoms with Crippen LogP contribution in [0.3, 0.4) is 0 Å². The van der Waals surface area contributed by atoms with Gasteiger partial charge in [0.05, 0.1) is 12.3 Å². The zero-order valence-electron chi connectivity index (χ0n) is 10.5. The first kappa shape index (κ1) is 12.1. The lowest BCUT2D eigenvalue weighted by Crippen LogP contribution is -2.37. The van der Waals surface area contributed by atoms with Crippen molar-refractivity contribution >= 4 is 16.3 Å². The molecule has 1 saturated heterocycles. The lowest BCUT2D eigenvalue weighted by molar-refractivity contribution is 0.117. The highest BCUT2D eigenvalue weighted by molar-refractivity contribution is 7.15. The Balaban J connectivity index is 1.75. The van der Waals surface area contributed by atoms with Crippen LogP contribution in [-0.2, 0) is 6.54 Å². The van der Waals surface area contributed by atoms with Crippen LogP contribution in [0.4, 0.5) is 0 Å². The molecule has 0 saturated carbocycles. The van der Waals surface area contributed by atoms with Crippen LogP contribution in [0.15, 0.2) is 17.8 Å². The Morgan fingerprint density at radius 3 is 3.17 bits per heavy atom. The number of hydrogen-bond acceptors (Lipinski definition) is 4. The lowest BCUT2D eigenvalue weighted by Gasteiger charge is -2.27. The van der Waals surface area contributed by atoms with Gasteiger partial charge in [0.1, 0.15) is 0 Å². The van der Waals surface area contributed by atoms with Crippen molar-refractivity contribution in [2.75, 3.05) is 13.2 Å². The van der Waals surface area contributed by atoms with Crippen molar-refractivity contribution in [2.24, 2.45) is 0 Å². The minimum absolute atomic E-state index is 0.266. The molecule has 0 bridgehead atoms. The third kappa shape index (κ3) is 2.43. The molecule has 2 aromatic heterocycles. The van der Waals surface area contributed by atoms with E-state index in [1.54, 1.807) is 11.3 Å². The van der Waals surface area contributed by atoms with E-state index in [4.69, 9.17) is 0 Å². The average molecular weight is 265 g/mol. The molecule has 1 fully saturated rings. The van der Waals surface area contributed by atoms with Gasteiger partial charge in [-0.05, 0) is 19.4 Å². The second-order valence-corrected chi connectivity index (χ2v) is 5.85. The van der Waals surface area contributed by atoms with Crippen molar-refractivity contribution in [3.63, 3.8) is 0 Å². The number of imidazole rings is 1. The summed E-state index contributed by atoms with van der Waals surface area (Å²) in [6, 6.07) is 0.312. The summed E-state index contributed by atoms with van der Waals surface area (Å²) < 4.78 is 2.08. The van der Waals surface area contributed by atoms with Gasteiger partial charge in [-0.2, -0.15) is 0 Å². The Morgan fingerprint density at radius 1 is 1.39 bits per heavy atom. The molecule has 5 heteroatoms. The number of fused-ring (bicyclic) bond motifs is 1. The van der Waals surface area contributed by atoms with Crippen molar-refractivity contribution in [2.45, 2.75) is 38.3 Å². The molecule has 1 atom stereocenters. The first-order chi connectivity index (χ1) is 8.86. The summed E-state index contributed by atoms with van der Waals surface area (Å²) in [7, 11) is 0. The van der Waals surface area contributed by atoms with Gasteiger partial charge in [0.2, 0.25) is 0 Å². The number of hydrogen-bond donors (Lipinski definition) is 1. The molecule has 0 radical (unpaired) electrons. The quantitative estimate of drug-likeness (QED) is 0.924. The van der Waals surface area contributed by atoms with Crippen LogP contribution >= 0.6 is 11.3 Å². The van der Waals surface area contributed by atoms with Crippen LogP contribution in [-0.4, -0.2) is 38.6 Å². The van der Waals surface area contributed by atoms with E-state index in [9.17, 15) is 5.11 Å². The number of thiazole rings is 1. The second kappa shape index (κ2) is 5.38. The van der Waals surface area contributed by atoms with Crippen molar-refractivity contribution in [1.29, 1.82) is 0 Å². The van der Waals surface area contributed by atoms with Gasteiger partial charge in [-0.15, -0.1) is 11.3 Å². The van der Waals surface area contributed by atoms with Gasteiger partial charge >= 0.3 is 0 Å². The summed E-state index contributed by atoms with van der Waals surface area (Å²) in [6.45, 7) is 2.21. The predicted octanol–water partition coefficient (Wildman–Crippen LogP) is 2.13. The SMILES string of the molecule is OCC1CCCCCN1Cc1cn2ccsc2n1. The molecule has 0 spiro atoms. The fourth-order valence-corrected chi connectivity index (χ4v) is 3.43. The van der Waals surface area contributed by atoms with Gasteiger partial charge in [0, 0.05) is 30.4 Å². The highest BCUT2D eigenvalue weighted by Crippen LogP contribution is 2.20. The summed E-state index contributed by atoms with van der Waals surface area (Å²) >= 11 is 1.66. The molecular formula is C13H19N3OS. The Hall–Kier alpha value is -0.910. The number of aliphatic hydroxyl groups is 1. The molecule has 1 aliphatic rings. The van der Waals surface area contributed by atoms with E-state index in [1.807, 2.05) is 6.20 Å². The van der Waals surface area contributed by atoms with Crippen LogP contribution in [0.25, 0.3) is 4.96 Å². The van der Waals surface area contributed by atoms with Gasteiger partial charge in [-0.3, -0.25) is 9.30 Å². The van der Waals surface area contributed by atoms with Crippen LogP contribution < -0.4 is 0 Å². The van der Waals surface area contributed by atoms with E-state index < -0.39 is 0 Å². The molecule has 0 aliphatic carbocycles. The third-order valence-electron chi connectivity index (χ3n) is 3.72. The molecule has 1 aliphatic heterocycles. The van der Waals surface area contributed by atoms with Gasteiger partial charge in [-0.25, -0.2) is 4.98 Å². The van der Waals surface area contributed by atoms with Crippen LogP contribution in [0, 0.1) is 0 Å². The van der Waals surface area contributed by atoms with Gasteiger partial charge in [0.25, 0.3) is 0 Å². The van der Waals surface area contributed by atoms with Crippen molar-refractivity contribution in [1.82, 2.24) is 14.3 Å². The van der Waals surface area contributed by atoms with Crippen LogP contribution in [0.1, 0.15) is 31.4 Å². The Morgan fingerprint density at radius 2 is 2.33 bits per heavy atom. The van der Waals surface area contributed by atoms with E-state index in [0.29, 0.717) is 6.04 Å². The molecule has 0 amide bonds. The predicted molar refractivity (Wildman–Crippen MR) is 72.8 cm³/mol. The summed E-state index contributed by atoms with van der Waals surface area (Å²) in [6.07, 6.45) is 9.01. The molecule has 0 aromatic carbocycles. The maximum atomic E-state index is 9.50. The van der Waals surface area contributed by atoms with Crippen LogP contribution in [0.2, 0.25) is 0 Å². The molecule has 4 nitrogen and oxygen atoms in total. The molecule has 3 heterocycles. The third-order valence-corrected chi connectivity index (χ3v) is 4.49. The Bertz CT molecular complexity index is 479. The van der Waals surface area contributed by atoms with E-state index in [-0.39, 0.29) is 6.61 Å². The van der Waals surface area contributed by atoms with Crippen molar-refractivity contribution in [3.8, 4) is 0 Å².